The number of rotatable bonds is 4. The number of alkyl halides is 2. The Kier molecular flexibility index (Phi) is 4.57. The molecule has 0 amide bonds. The first-order valence-electron chi connectivity index (χ1n) is 4.61. The second-order valence-electron chi connectivity index (χ2n) is 3.18. The first-order valence-corrected chi connectivity index (χ1v) is 5.69. The van der Waals surface area contributed by atoms with Crippen LogP contribution in [0.3, 0.4) is 0 Å². The molecule has 0 atom stereocenters. The molecule has 3 nitrogen and oxygen atoms in total. The topological polar surface area (TPSA) is 53.0 Å². The highest BCUT2D eigenvalue weighted by atomic mass is 127. The van der Waals surface area contributed by atoms with Crippen LogP contribution in [0.15, 0.2) is 6.07 Å². The smallest absolute Gasteiger partial charge is 0.264 e. The molecule has 16 heavy (non-hydrogen) atoms. The van der Waals surface area contributed by atoms with Crippen molar-refractivity contribution in [2.45, 2.75) is 26.2 Å². The van der Waals surface area contributed by atoms with E-state index in [4.69, 9.17) is 0 Å². The van der Waals surface area contributed by atoms with E-state index in [9.17, 15) is 18.7 Å². The summed E-state index contributed by atoms with van der Waals surface area (Å²) in [6.07, 6.45) is -2.62. The van der Waals surface area contributed by atoms with Crippen molar-refractivity contribution in [1.29, 1.82) is 0 Å². The van der Waals surface area contributed by atoms with Gasteiger partial charge in [0.15, 0.2) is 0 Å². The van der Waals surface area contributed by atoms with Gasteiger partial charge in [-0.2, -0.15) is 0 Å². The van der Waals surface area contributed by atoms with E-state index >= 15 is 0 Å². The van der Waals surface area contributed by atoms with Crippen LogP contribution >= 0.6 is 22.6 Å². The molecule has 0 aliphatic heterocycles. The fourth-order valence-corrected chi connectivity index (χ4v) is 2.40. The second-order valence-corrected chi connectivity index (χ2v) is 4.20. The fraction of sp³-hybridized carbons (Fsp3) is 0.400. The summed E-state index contributed by atoms with van der Waals surface area (Å²) >= 11 is 1.83. The SMILES string of the molecule is CCc1c(C(F)F)cc(CC(=O)[O-])nc1I. The zero-order valence-electron chi connectivity index (χ0n) is 8.47. The van der Waals surface area contributed by atoms with E-state index in [2.05, 4.69) is 4.98 Å². The van der Waals surface area contributed by atoms with Crippen molar-refractivity contribution in [2.75, 3.05) is 0 Å². The van der Waals surface area contributed by atoms with E-state index in [0.717, 1.165) is 6.07 Å². The molecule has 0 saturated carbocycles. The van der Waals surface area contributed by atoms with Crippen LogP contribution < -0.4 is 5.11 Å². The van der Waals surface area contributed by atoms with Crippen molar-refractivity contribution in [2.24, 2.45) is 0 Å². The highest BCUT2D eigenvalue weighted by molar-refractivity contribution is 14.1. The number of carbonyl (C=O) groups is 1. The molecule has 0 aliphatic rings. The van der Waals surface area contributed by atoms with E-state index < -0.39 is 18.8 Å². The number of aliphatic carboxylic acids is 1. The quantitative estimate of drug-likeness (QED) is 0.616. The van der Waals surface area contributed by atoms with Gasteiger partial charge in [0.05, 0.1) is 0 Å². The van der Waals surface area contributed by atoms with Crippen LogP contribution in [0, 0.1) is 3.70 Å². The summed E-state index contributed by atoms with van der Waals surface area (Å²) in [4.78, 5) is 14.3. The van der Waals surface area contributed by atoms with Crippen molar-refractivity contribution in [3.8, 4) is 0 Å². The van der Waals surface area contributed by atoms with Gasteiger partial charge in [0.1, 0.15) is 3.70 Å². The Labute approximate surface area is 105 Å². The van der Waals surface area contributed by atoms with Gasteiger partial charge in [-0.15, -0.1) is 0 Å². The number of pyridine rings is 1. The zero-order valence-corrected chi connectivity index (χ0v) is 10.6. The van der Waals surface area contributed by atoms with Gasteiger partial charge in [-0.05, 0) is 40.6 Å². The molecule has 0 saturated heterocycles. The third-order valence-electron chi connectivity index (χ3n) is 2.08. The van der Waals surface area contributed by atoms with Gasteiger partial charge in [-0.1, -0.05) is 6.92 Å². The molecule has 88 valence electrons. The molecule has 1 heterocycles. The molecule has 0 fully saturated rings. The lowest BCUT2D eigenvalue weighted by molar-refractivity contribution is -0.304. The number of hydrogen-bond donors (Lipinski definition) is 0. The maximum atomic E-state index is 12.7. The van der Waals surface area contributed by atoms with Gasteiger partial charge >= 0.3 is 0 Å². The van der Waals surface area contributed by atoms with Gasteiger partial charge in [-0.25, -0.2) is 13.8 Å². The highest BCUT2D eigenvalue weighted by Crippen LogP contribution is 2.27. The predicted molar refractivity (Wildman–Crippen MR) is 60.0 cm³/mol. The summed E-state index contributed by atoms with van der Waals surface area (Å²) in [5.74, 6) is -1.33. The first kappa shape index (κ1) is 13.3. The Balaban J connectivity index is 3.22. The number of carboxylic acids is 1. The minimum Gasteiger partial charge on any atom is -0.550 e. The summed E-state index contributed by atoms with van der Waals surface area (Å²) < 4.78 is 25.9. The molecular weight excluding hydrogens is 331 g/mol. The largest absolute Gasteiger partial charge is 0.550 e. The van der Waals surface area contributed by atoms with Crippen LogP contribution in [0.25, 0.3) is 0 Å². The number of aromatic nitrogens is 1. The van der Waals surface area contributed by atoms with Crippen LogP contribution in [0.1, 0.15) is 30.2 Å². The van der Waals surface area contributed by atoms with E-state index in [1.807, 2.05) is 22.6 Å². The van der Waals surface area contributed by atoms with Crippen molar-refractivity contribution in [3.05, 3.63) is 26.6 Å². The normalized spacial score (nSPS) is 10.8. The average Bonchev–Trinajstić information content (AvgIpc) is 2.15. The molecule has 0 aliphatic carbocycles. The Morgan fingerprint density at radius 2 is 2.25 bits per heavy atom. The molecule has 0 bridgehead atoms. The number of halogens is 3. The Morgan fingerprint density at radius 1 is 1.62 bits per heavy atom. The number of carbonyl (C=O) groups excluding carboxylic acids is 1. The third-order valence-corrected chi connectivity index (χ3v) is 2.97. The van der Waals surface area contributed by atoms with E-state index in [-0.39, 0.29) is 11.3 Å². The minimum absolute atomic E-state index is 0.108. The van der Waals surface area contributed by atoms with Crippen LogP contribution in [0.5, 0.6) is 0 Å². The van der Waals surface area contributed by atoms with Gasteiger partial charge < -0.3 is 9.90 Å². The third kappa shape index (κ3) is 3.10. The van der Waals surface area contributed by atoms with Gasteiger partial charge in [0.25, 0.3) is 6.43 Å². The van der Waals surface area contributed by atoms with E-state index in [1.54, 1.807) is 6.92 Å². The molecule has 6 heteroatoms. The number of hydrogen-bond acceptors (Lipinski definition) is 3. The standard InChI is InChI=1S/C10H10F2INO2/c1-2-6-7(9(11)12)3-5(4-8(15)16)14-10(6)13/h3,9H,2,4H2,1H3,(H,15,16)/p-1. The monoisotopic (exact) mass is 340 g/mol. The van der Waals surface area contributed by atoms with Crippen molar-refractivity contribution < 1.29 is 18.7 Å². The summed E-state index contributed by atoms with van der Waals surface area (Å²) in [6.45, 7) is 1.75. The zero-order chi connectivity index (χ0) is 12.3. The van der Waals surface area contributed by atoms with Crippen molar-refractivity contribution in [3.63, 3.8) is 0 Å². The Morgan fingerprint density at radius 3 is 2.69 bits per heavy atom. The van der Waals surface area contributed by atoms with Gasteiger partial charge in [0, 0.05) is 23.6 Å². The highest BCUT2D eigenvalue weighted by Gasteiger charge is 2.16. The van der Waals surface area contributed by atoms with Crippen molar-refractivity contribution >= 4 is 28.6 Å². The molecular formula is C10H9F2INO2-. The molecule has 1 rings (SSSR count). The Hall–Kier alpha value is -0.790. The summed E-state index contributed by atoms with van der Waals surface area (Å²) in [5.41, 5.74) is 0.438. The number of nitrogens with zero attached hydrogens (tertiary/aromatic N) is 1. The molecule has 0 N–H and O–H groups in total. The van der Waals surface area contributed by atoms with Crippen molar-refractivity contribution in [1.82, 2.24) is 4.98 Å². The maximum absolute atomic E-state index is 12.7. The average molecular weight is 340 g/mol. The lowest BCUT2D eigenvalue weighted by Gasteiger charge is -2.11. The maximum Gasteiger partial charge on any atom is 0.264 e. The van der Waals surface area contributed by atoms with Gasteiger partial charge in [0.2, 0.25) is 0 Å². The van der Waals surface area contributed by atoms with E-state index in [0.29, 0.717) is 15.7 Å². The second kappa shape index (κ2) is 5.51. The minimum atomic E-state index is -2.62. The molecule has 0 spiro atoms. The molecule has 0 unspecified atom stereocenters. The first-order chi connectivity index (χ1) is 7.45. The fourth-order valence-electron chi connectivity index (χ4n) is 1.39. The number of carboxylic acid groups (broad SMARTS) is 1. The molecule has 0 radical (unpaired) electrons. The van der Waals surface area contributed by atoms with Crippen LogP contribution in [-0.4, -0.2) is 11.0 Å². The van der Waals surface area contributed by atoms with Crippen LogP contribution in [0.4, 0.5) is 8.78 Å². The summed E-state index contributed by atoms with van der Waals surface area (Å²) in [6, 6.07) is 1.14. The summed E-state index contributed by atoms with van der Waals surface area (Å²) in [7, 11) is 0. The molecule has 0 aromatic carbocycles. The Bertz CT molecular complexity index is 410. The van der Waals surface area contributed by atoms with Crippen LogP contribution in [0.2, 0.25) is 0 Å². The molecule has 1 aromatic heterocycles. The summed E-state index contributed by atoms with van der Waals surface area (Å²) in [5, 5.41) is 10.4. The van der Waals surface area contributed by atoms with E-state index in [1.165, 1.54) is 0 Å². The lowest BCUT2D eigenvalue weighted by Crippen LogP contribution is -2.25. The van der Waals surface area contributed by atoms with Crippen LogP contribution in [-0.2, 0) is 17.6 Å². The lowest BCUT2D eigenvalue weighted by atomic mass is 10.1. The predicted octanol–water partition coefficient (Wildman–Crippen LogP) is 1.48. The van der Waals surface area contributed by atoms with Gasteiger partial charge in [-0.3, -0.25) is 0 Å². The molecule has 1 aromatic rings.